The normalized spacial score (nSPS) is 15.3. The van der Waals surface area contributed by atoms with Crippen LogP contribution < -0.4 is 10.6 Å². The number of nitrogens with zero attached hydrogens (tertiary/aromatic N) is 7. The summed E-state index contributed by atoms with van der Waals surface area (Å²) in [6, 6.07) is 15.8. The minimum atomic E-state index is -1.34. The van der Waals surface area contributed by atoms with Gasteiger partial charge >= 0.3 is 24.4 Å². The molecule has 18 nitrogen and oxygen atoms in total. The Morgan fingerprint density at radius 1 is 0.629 bits per heavy atom. The van der Waals surface area contributed by atoms with Gasteiger partial charge in [-0.15, -0.1) is 20.2 Å². The number of carbonyl (C=O) groups is 4. The number of nitrogens with one attached hydrogen (secondary N) is 2. The molecule has 2 aliphatic heterocycles. The van der Waals surface area contributed by atoms with Crippen LogP contribution in [0.15, 0.2) is 70.7 Å². The number of guanidine groups is 2. The Morgan fingerprint density at radius 3 is 1.35 bits per heavy atom. The van der Waals surface area contributed by atoms with Crippen molar-refractivity contribution in [1.29, 1.82) is 0 Å². The third-order valence-electron chi connectivity index (χ3n) is 9.13. The lowest BCUT2D eigenvalue weighted by Gasteiger charge is -2.30. The van der Waals surface area contributed by atoms with Gasteiger partial charge in [-0.2, -0.15) is 0 Å². The maximum absolute atomic E-state index is 12.7. The number of ether oxygens (including phenoxy) is 3. The Hall–Kier alpha value is -6.56. The first-order valence-corrected chi connectivity index (χ1v) is 20.3. The lowest BCUT2D eigenvalue weighted by molar-refractivity contribution is 0.0550. The standard InChI is InChI=1S/C44H57N9O9/c1-42(2,3)60-39(57)46-36(45-38(55)56)51-22-18-30(19-23-51)28-10-14-32(15-11-28)34-49-50-35(53(34)26-27-54)33-16-12-29(13-17-33)31-20-24-52(25-21-31)37(47-40(58)61-43(4,5)6)48-41(59)62-44(7,8)9/h10-18,20,54H,19,21-27H2,1-9H3,(H,55,56)(H,45,46,57)(H,47,48,58,59). The molecule has 3 heterocycles. The molecule has 0 spiro atoms. The Labute approximate surface area is 361 Å². The van der Waals surface area contributed by atoms with E-state index in [4.69, 9.17) is 14.2 Å². The molecule has 3 aromatic rings. The van der Waals surface area contributed by atoms with Crippen molar-refractivity contribution < 1.29 is 43.6 Å². The molecule has 0 fully saturated rings. The summed E-state index contributed by atoms with van der Waals surface area (Å²) >= 11 is 0. The van der Waals surface area contributed by atoms with Crippen molar-refractivity contribution in [2.75, 3.05) is 32.8 Å². The SMILES string of the molecule is CC(C)(C)OC(=O)/N=C(/NC(=O)O)N1CC=C(c2ccc(-c3nnc(-c4ccc(C5=CCN(/C(=N\C(=O)OC(C)(C)C)NC(=O)OC(C)(C)C)CC5)cc4)n3CCO)cc2)CC1. The summed E-state index contributed by atoms with van der Waals surface area (Å²) in [5, 5.41) is 33.3. The summed E-state index contributed by atoms with van der Waals surface area (Å²) in [6.45, 7) is 17.3. The zero-order chi connectivity index (χ0) is 45.4. The predicted molar refractivity (Wildman–Crippen MR) is 234 cm³/mol. The molecule has 4 amide bonds. The van der Waals surface area contributed by atoms with Gasteiger partial charge in [-0.05, 0) is 97.4 Å². The molecule has 5 rings (SSSR count). The topological polar surface area (TPSA) is 222 Å². The number of carbonyl (C=O) groups excluding carboxylic acids is 3. The second-order valence-corrected chi connectivity index (χ2v) is 17.6. The molecule has 0 saturated heterocycles. The lowest BCUT2D eigenvalue weighted by atomic mass is 9.98. The monoisotopic (exact) mass is 855 g/mol. The molecule has 62 heavy (non-hydrogen) atoms. The number of aliphatic hydroxyl groups excluding tert-OH is 1. The van der Waals surface area contributed by atoms with E-state index in [0.717, 1.165) is 33.4 Å². The molecule has 0 radical (unpaired) electrons. The van der Waals surface area contributed by atoms with Crippen LogP contribution in [0.3, 0.4) is 0 Å². The van der Waals surface area contributed by atoms with Crippen molar-refractivity contribution in [3.63, 3.8) is 0 Å². The number of rotatable bonds is 6. The van der Waals surface area contributed by atoms with Gasteiger partial charge in [0.05, 0.1) is 6.61 Å². The first-order chi connectivity index (χ1) is 29.1. The number of aliphatic hydroxyl groups is 1. The Bertz CT molecular complexity index is 2240. The maximum atomic E-state index is 12.7. The van der Waals surface area contributed by atoms with E-state index in [-0.39, 0.29) is 25.1 Å². The highest BCUT2D eigenvalue weighted by atomic mass is 16.6. The fourth-order valence-electron chi connectivity index (χ4n) is 6.54. The molecular formula is C44H57N9O9. The summed E-state index contributed by atoms with van der Waals surface area (Å²) in [7, 11) is 0. The molecule has 1 aromatic heterocycles. The molecule has 2 aromatic carbocycles. The van der Waals surface area contributed by atoms with E-state index in [1.165, 1.54) is 0 Å². The molecule has 0 saturated carbocycles. The number of amides is 4. The average Bonchev–Trinajstić information content (AvgIpc) is 3.59. The van der Waals surface area contributed by atoms with Crippen molar-refractivity contribution >= 4 is 47.4 Å². The number of aromatic nitrogens is 3. The average molecular weight is 856 g/mol. The van der Waals surface area contributed by atoms with Crippen LogP contribution in [-0.2, 0) is 20.8 Å². The molecule has 18 heteroatoms. The highest BCUT2D eigenvalue weighted by Gasteiger charge is 2.26. The van der Waals surface area contributed by atoms with Crippen LogP contribution in [0.2, 0.25) is 0 Å². The van der Waals surface area contributed by atoms with E-state index in [9.17, 15) is 29.4 Å². The number of hydrogen-bond donors (Lipinski definition) is 4. The number of hydrogen-bond acceptors (Lipinski definition) is 10. The molecule has 0 bridgehead atoms. The summed E-state index contributed by atoms with van der Waals surface area (Å²) in [5.41, 5.74) is 3.41. The van der Waals surface area contributed by atoms with Gasteiger partial charge in [0.25, 0.3) is 0 Å². The van der Waals surface area contributed by atoms with E-state index < -0.39 is 41.2 Å². The third kappa shape index (κ3) is 13.5. The van der Waals surface area contributed by atoms with Gasteiger partial charge in [-0.3, -0.25) is 10.6 Å². The third-order valence-corrected chi connectivity index (χ3v) is 9.13. The molecule has 2 aliphatic rings. The van der Waals surface area contributed by atoms with E-state index in [2.05, 4.69) is 30.8 Å². The fourth-order valence-corrected chi connectivity index (χ4v) is 6.54. The maximum Gasteiger partial charge on any atom is 0.437 e. The van der Waals surface area contributed by atoms with Gasteiger partial charge in [-0.25, -0.2) is 19.2 Å². The van der Waals surface area contributed by atoms with Crippen molar-refractivity contribution in [2.24, 2.45) is 9.98 Å². The minimum absolute atomic E-state index is 0.0419. The lowest BCUT2D eigenvalue weighted by Crippen LogP contribution is -2.48. The van der Waals surface area contributed by atoms with Gasteiger partial charge in [0.15, 0.2) is 11.6 Å². The number of carboxylic acid groups (broad SMARTS) is 1. The van der Waals surface area contributed by atoms with Gasteiger partial charge in [-0.1, -0.05) is 60.7 Å². The van der Waals surface area contributed by atoms with Gasteiger partial charge in [0.2, 0.25) is 11.9 Å². The molecule has 332 valence electrons. The zero-order valence-corrected chi connectivity index (χ0v) is 36.8. The number of alkyl carbamates (subject to hydrolysis) is 1. The van der Waals surface area contributed by atoms with Gasteiger partial charge in [0.1, 0.15) is 16.8 Å². The summed E-state index contributed by atoms with van der Waals surface area (Å²) in [6.07, 6.45) is 1.37. The quantitative estimate of drug-likeness (QED) is 0.110. The second-order valence-electron chi connectivity index (χ2n) is 17.6. The highest BCUT2D eigenvalue weighted by molar-refractivity contribution is 6.00. The summed E-state index contributed by atoms with van der Waals surface area (Å²) < 4.78 is 17.9. The van der Waals surface area contributed by atoms with Crippen molar-refractivity contribution in [2.45, 2.75) is 98.5 Å². The van der Waals surface area contributed by atoms with Crippen LogP contribution in [0.5, 0.6) is 0 Å². The van der Waals surface area contributed by atoms with E-state index in [1.807, 2.05) is 65.3 Å². The van der Waals surface area contributed by atoms with E-state index >= 15 is 0 Å². The van der Waals surface area contributed by atoms with Crippen LogP contribution in [0.1, 0.15) is 86.3 Å². The Kier molecular flexibility index (Phi) is 14.6. The fraction of sp³-hybridized carbons (Fsp3) is 0.455. The van der Waals surface area contributed by atoms with Gasteiger partial charge < -0.3 is 38.8 Å². The molecule has 4 N–H and O–H groups in total. The second kappa shape index (κ2) is 19.4. The smallest absolute Gasteiger partial charge is 0.437 e. The van der Waals surface area contributed by atoms with Crippen LogP contribution in [0, 0.1) is 0 Å². The van der Waals surface area contributed by atoms with E-state index in [0.29, 0.717) is 50.7 Å². The molecule has 0 unspecified atom stereocenters. The Balaban J connectivity index is 1.28. The van der Waals surface area contributed by atoms with Crippen LogP contribution >= 0.6 is 0 Å². The van der Waals surface area contributed by atoms with Crippen molar-refractivity contribution in [1.82, 2.24) is 35.2 Å². The molecule has 0 atom stereocenters. The van der Waals surface area contributed by atoms with Crippen LogP contribution in [-0.4, -0.2) is 121 Å². The first-order valence-electron chi connectivity index (χ1n) is 20.3. The number of benzene rings is 2. The van der Waals surface area contributed by atoms with Crippen LogP contribution in [0.4, 0.5) is 19.2 Å². The Morgan fingerprint density at radius 2 is 1.02 bits per heavy atom. The minimum Gasteiger partial charge on any atom is -0.465 e. The van der Waals surface area contributed by atoms with Crippen molar-refractivity contribution in [3.8, 4) is 22.8 Å². The summed E-state index contributed by atoms with van der Waals surface area (Å²) in [5.74, 6) is 1.13. The summed E-state index contributed by atoms with van der Waals surface area (Å²) in [4.78, 5) is 60.5. The molecule has 0 aliphatic carbocycles. The number of aliphatic imine (C=N–C) groups is 2. The zero-order valence-electron chi connectivity index (χ0n) is 36.8. The largest absolute Gasteiger partial charge is 0.465 e. The predicted octanol–water partition coefficient (Wildman–Crippen LogP) is 7.16. The molecular weight excluding hydrogens is 799 g/mol. The van der Waals surface area contributed by atoms with E-state index in [1.54, 1.807) is 72.1 Å². The van der Waals surface area contributed by atoms with Crippen molar-refractivity contribution in [3.05, 3.63) is 71.8 Å². The highest BCUT2D eigenvalue weighted by Crippen LogP contribution is 2.30. The van der Waals surface area contributed by atoms with Crippen LogP contribution in [0.25, 0.3) is 33.9 Å². The first kappa shape index (κ1) is 46.5. The van der Waals surface area contributed by atoms with Gasteiger partial charge in [0, 0.05) is 43.9 Å².